The topological polar surface area (TPSA) is 367 Å². The van der Waals surface area contributed by atoms with Crippen LogP contribution in [-0.2, 0) is 81.6 Å². The minimum Gasteiger partial charge on any atom is -0.480 e. The van der Waals surface area contributed by atoms with Crippen molar-refractivity contribution < 1.29 is 76.9 Å². The normalized spacial score (nSPS) is 16.5. The third kappa shape index (κ3) is 26.1. The maximum Gasteiger partial charge on any atom is 0.414 e. The van der Waals surface area contributed by atoms with Gasteiger partial charge in [0.25, 0.3) is 11.8 Å². The lowest BCUT2D eigenvalue weighted by Crippen LogP contribution is -2.60. The van der Waals surface area contributed by atoms with Crippen LogP contribution in [0.2, 0.25) is 0 Å². The van der Waals surface area contributed by atoms with E-state index in [1.807, 2.05) is 71.7 Å². The number of nitrogens with one attached hydrogen (secondary N) is 6. The summed E-state index contributed by atoms with van der Waals surface area (Å²) in [6.07, 6.45) is 4.71. The number of ether oxygens (including phenoxy) is 3. The standard InChI is InChI=1S/C77H114N12O16/c1-15-50(8)68(60(103-13)45-64(93)88-42-23-27-59(88)69(104-14)51(9)70(94)82-58(75(99)100)44-53-24-18-16-19-25-53)87(12)74(98)66(48(4)5)84-73(97)67(49(6)7)85(10)43-39-52-31-35-56(36-32-52)86(11)77(102)105-46-54-29-33-55(34-30-54)80-71(95)57(26-22-40-79-76(78)101)81-72(96)65(47(2)3)83-61(90)28-20-17-21-41-89-62(91)37-38-63(89)92/h16,18-19,24-25,29-38,47-51,57-60,65-69H,15,17,20-23,26-28,39-46H2,1-14H3,(H,80,95)(H,81,96)(H,82,94)(H,83,90)(H,84,97)(H,99,100)(H3,78,79,101)/t50-,51+,57-,58-,59?,60+,65-,66-,67-,68-,69+/m0/s1. The molecule has 1 saturated heterocycles. The van der Waals surface area contributed by atoms with Gasteiger partial charge in [-0.05, 0) is 117 Å². The highest BCUT2D eigenvalue weighted by Crippen LogP contribution is 2.31. The summed E-state index contributed by atoms with van der Waals surface area (Å²) in [6.45, 7) is 18.0. The summed E-state index contributed by atoms with van der Waals surface area (Å²) in [6, 6.07) is 16.4. The summed E-state index contributed by atoms with van der Waals surface area (Å²) in [4.78, 5) is 167. The fraction of sp³-hybridized carbons (Fsp3) is 0.584. The number of carboxylic acid groups (broad SMARTS) is 1. The van der Waals surface area contributed by atoms with Crippen molar-refractivity contribution in [2.24, 2.45) is 35.3 Å². The number of aliphatic carboxylic acids is 1. The van der Waals surface area contributed by atoms with Gasteiger partial charge in [-0.1, -0.05) is 130 Å². The highest BCUT2D eigenvalue weighted by Gasteiger charge is 2.44. The Morgan fingerprint density at radius 3 is 1.89 bits per heavy atom. The van der Waals surface area contributed by atoms with Gasteiger partial charge in [0.2, 0.25) is 41.4 Å². The van der Waals surface area contributed by atoms with Crippen molar-refractivity contribution in [1.82, 2.24) is 46.2 Å². The Hall–Kier alpha value is -9.28. The van der Waals surface area contributed by atoms with E-state index in [-0.39, 0.29) is 111 Å². The number of nitrogens with zero attached hydrogens (tertiary/aromatic N) is 5. The monoisotopic (exact) mass is 1460 g/mol. The van der Waals surface area contributed by atoms with Gasteiger partial charge in [-0.3, -0.25) is 57.9 Å². The summed E-state index contributed by atoms with van der Waals surface area (Å²) < 4.78 is 17.7. The number of benzene rings is 3. The molecule has 2 heterocycles. The van der Waals surface area contributed by atoms with Gasteiger partial charge in [0.15, 0.2) is 0 Å². The molecule has 0 radical (unpaired) electrons. The SMILES string of the molecule is CC[C@H](C)[C@@H]([C@@H](CC(=O)N1CCCC1[C@H](OC)[C@@H](C)C(=O)N[C@@H](Cc1ccccc1)C(=O)O)OC)N(C)C(=O)[C@@H](NC(=O)[C@H](C(C)C)N(C)CCc1ccc(N(C)C(=O)OCc2ccc(NC(=O)[C@H](CCCNC(N)=O)NC(=O)[C@@H](NC(=O)CCCCCN3C(=O)C=CC3=O)C(C)C)cc2)cc1)C(C)C. The number of amides is 12. The second-order valence-corrected chi connectivity index (χ2v) is 28.6. The van der Waals surface area contributed by atoms with Crippen LogP contribution in [0.5, 0.6) is 0 Å². The number of carbonyl (C=O) groups excluding carboxylic acids is 11. The van der Waals surface area contributed by atoms with Crippen LogP contribution in [0.15, 0.2) is 91.0 Å². The molecular weight excluding hydrogens is 1350 g/mol. The minimum atomic E-state index is -1.18. The van der Waals surface area contributed by atoms with Crippen LogP contribution in [0, 0.1) is 29.6 Å². The molecule has 0 saturated carbocycles. The molecule has 28 heteroatoms. The lowest BCUT2D eigenvalue weighted by atomic mass is 9.89. The first-order valence-electron chi connectivity index (χ1n) is 36.6. The fourth-order valence-corrected chi connectivity index (χ4v) is 13.4. The Kier molecular flexibility index (Phi) is 35.1. The average molecular weight is 1460 g/mol. The lowest BCUT2D eigenvalue weighted by Gasteiger charge is -2.41. The molecule has 12 amide bonds. The van der Waals surface area contributed by atoms with Crippen LogP contribution in [0.4, 0.5) is 21.0 Å². The molecule has 0 aromatic heterocycles. The van der Waals surface area contributed by atoms with Crippen LogP contribution in [-0.4, -0.2) is 212 Å². The first-order valence-corrected chi connectivity index (χ1v) is 36.6. The number of primary amides is 1. The van der Waals surface area contributed by atoms with Gasteiger partial charge in [0.05, 0.1) is 42.7 Å². The molecule has 3 aromatic carbocycles. The Bertz CT molecular complexity index is 3410. The van der Waals surface area contributed by atoms with Crippen LogP contribution < -0.4 is 42.5 Å². The zero-order chi connectivity index (χ0) is 77.8. The maximum absolute atomic E-state index is 14.9. The quantitative estimate of drug-likeness (QED) is 0.0227. The molecule has 578 valence electrons. The number of anilines is 2. The smallest absolute Gasteiger partial charge is 0.414 e. The Balaban J connectivity index is 1.13. The molecule has 1 fully saturated rings. The van der Waals surface area contributed by atoms with E-state index in [4.69, 9.17) is 19.9 Å². The van der Waals surface area contributed by atoms with Crippen LogP contribution in [0.1, 0.15) is 143 Å². The molecule has 0 spiro atoms. The number of carbonyl (C=O) groups is 12. The zero-order valence-electron chi connectivity index (χ0n) is 63.6. The number of methoxy groups -OCH3 is 2. The first kappa shape index (κ1) is 86.4. The van der Waals surface area contributed by atoms with Crippen LogP contribution >= 0.6 is 0 Å². The van der Waals surface area contributed by atoms with Gasteiger partial charge in [-0.15, -0.1) is 0 Å². The van der Waals surface area contributed by atoms with Crippen molar-refractivity contribution in [3.05, 3.63) is 108 Å². The molecule has 0 aliphatic carbocycles. The average Bonchev–Trinajstić information content (AvgIpc) is 1.80. The Morgan fingerprint density at radius 1 is 0.676 bits per heavy atom. The van der Waals surface area contributed by atoms with Crippen molar-refractivity contribution >= 4 is 82.6 Å². The van der Waals surface area contributed by atoms with Gasteiger partial charge in [-0.2, -0.15) is 0 Å². The van der Waals surface area contributed by atoms with Crippen molar-refractivity contribution in [2.45, 2.75) is 200 Å². The van der Waals surface area contributed by atoms with Gasteiger partial charge in [-0.25, -0.2) is 14.4 Å². The highest BCUT2D eigenvalue weighted by atomic mass is 16.6. The summed E-state index contributed by atoms with van der Waals surface area (Å²) in [5.74, 6) is -6.64. The number of urea groups is 1. The second kappa shape index (κ2) is 42.6. The Morgan fingerprint density at radius 2 is 1.30 bits per heavy atom. The van der Waals surface area contributed by atoms with E-state index in [9.17, 15) is 62.6 Å². The van der Waals surface area contributed by atoms with E-state index >= 15 is 0 Å². The van der Waals surface area contributed by atoms with Gasteiger partial charge in [0, 0.05) is 90.9 Å². The number of unbranched alkanes of at least 4 members (excludes halogenated alkanes) is 2. The van der Waals surface area contributed by atoms with E-state index in [0.717, 1.165) is 16.0 Å². The second-order valence-electron chi connectivity index (χ2n) is 28.6. The number of carboxylic acids is 1. The van der Waals surface area contributed by atoms with E-state index in [2.05, 4.69) is 31.9 Å². The zero-order valence-corrected chi connectivity index (χ0v) is 63.6. The molecule has 2 aliphatic rings. The van der Waals surface area contributed by atoms with Crippen LogP contribution in [0.3, 0.4) is 0 Å². The first-order chi connectivity index (χ1) is 49.8. The fourth-order valence-electron chi connectivity index (χ4n) is 13.4. The molecular formula is C77H114N12O16. The lowest BCUT2D eigenvalue weighted by molar-refractivity contribution is -0.148. The molecule has 5 rings (SSSR count). The number of hydrogen-bond donors (Lipinski definition) is 8. The van der Waals surface area contributed by atoms with E-state index < -0.39 is 96.2 Å². The van der Waals surface area contributed by atoms with Gasteiger partial charge < -0.3 is 66.8 Å². The van der Waals surface area contributed by atoms with E-state index in [0.29, 0.717) is 75.0 Å². The summed E-state index contributed by atoms with van der Waals surface area (Å²) in [7, 11) is 8.12. The maximum atomic E-state index is 14.9. The molecule has 0 bridgehead atoms. The number of likely N-dealkylation sites (tertiary alicyclic amines) is 1. The van der Waals surface area contributed by atoms with Crippen LogP contribution in [0.25, 0.3) is 0 Å². The molecule has 2 aliphatic heterocycles. The van der Waals surface area contributed by atoms with Crippen molar-refractivity contribution in [3.63, 3.8) is 0 Å². The summed E-state index contributed by atoms with van der Waals surface area (Å²) >= 11 is 0. The number of imide groups is 1. The molecule has 11 atom stereocenters. The van der Waals surface area contributed by atoms with Crippen molar-refractivity contribution in [1.29, 1.82) is 0 Å². The van der Waals surface area contributed by atoms with Crippen molar-refractivity contribution in [2.75, 3.05) is 71.8 Å². The molecule has 105 heavy (non-hydrogen) atoms. The highest BCUT2D eigenvalue weighted by molar-refractivity contribution is 6.12. The molecule has 9 N–H and O–H groups in total. The van der Waals surface area contributed by atoms with E-state index in [1.54, 1.807) is 105 Å². The van der Waals surface area contributed by atoms with E-state index in [1.165, 1.54) is 31.3 Å². The number of nitrogens with two attached hydrogens (primary N) is 1. The molecule has 3 aromatic rings. The van der Waals surface area contributed by atoms with Crippen molar-refractivity contribution in [3.8, 4) is 0 Å². The third-order valence-corrected chi connectivity index (χ3v) is 19.7. The molecule has 28 nitrogen and oxygen atoms in total. The minimum absolute atomic E-state index is 0.0868. The number of hydrogen-bond acceptors (Lipinski definition) is 16. The number of rotatable bonds is 43. The largest absolute Gasteiger partial charge is 0.480 e. The number of likely N-dealkylation sites (N-methyl/N-ethyl adjacent to an activating group) is 2. The Labute approximate surface area is 618 Å². The predicted octanol–water partition coefficient (Wildman–Crippen LogP) is 6.33. The third-order valence-electron chi connectivity index (χ3n) is 19.7. The van der Waals surface area contributed by atoms with Gasteiger partial charge in [0.1, 0.15) is 30.8 Å². The van der Waals surface area contributed by atoms with Gasteiger partial charge >= 0.3 is 18.1 Å². The summed E-state index contributed by atoms with van der Waals surface area (Å²) in [5.41, 5.74) is 8.49. The summed E-state index contributed by atoms with van der Waals surface area (Å²) in [5, 5.41) is 26.7. The molecule has 1 unspecified atom stereocenters. The predicted molar refractivity (Wildman–Crippen MR) is 398 cm³/mol.